The molecule has 0 aliphatic carbocycles. The van der Waals surface area contributed by atoms with Crippen molar-refractivity contribution in [2.75, 3.05) is 13.1 Å². The summed E-state index contributed by atoms with van der Waals surface area (Å²) in [6, 6.07) is 2.86. The molecule has 96 valence electrons. The van der Waals surface area contributed by atoms with Crippen LogP contribution < -0.4 is 0 Å². The summed E-state index contributed by atoms with van der Waals surface area (Å²) in [7, 11) is 1.56. The van der Waals surface area contributed by atoms with E-state index < -0.39 is 11.6 Å². The summed E-state index contributed by atoms with van der Waals surface area (Å²) >= 11 is 0. The van der Waals surface area contributed by atoms with E-state index in [0.29, 0.717) is 18.7 Å². The van der Waals surface area contributed by atoms with Gasteiger partial charge in [-0.2, -0.15) is 0 Å². The first-order valence-electron chi connectivity index (χ1n) is 6.20. The van der Waals surface area contributed by atoms with Crippen molar-refractivity contribution < 1.29 is 13.6 Å². The molecular formula is C13H16BF2NO. The molecule has 1 aliphatic rings. The molecule has 1 aliphatic heterocycles. The SMILES string of the molecule is BC(=O)N1CCC(c2ccc(F)c(F)c2C)CC1. The highest BCUT2D eigenvalue weighted by Crippen LogP contribution is 2.31. The summed E-state index contributed by atoms with van der Waals surface area (Å²) < 4.78 is 26.6. The molecule has 0 bridgehead atoms. The number of amides is 1. The monoisotopic (exact) mass is 251 g/mol. The predicted octanol–water partition coefficient (Wildman–Crippen LogP) is 2.21. The van der Waals surface area contributed by atoms with Gasteiger partial charge in [-0.1, -0.05) is 6.07 Å². The molecule has 0 spiro atoms. The number of benzene rings is 1. The zero-order valence-electron chi connectivity index (χ0n) is 10.7. The third kappa shape index (κ3) is 2.40. The number of carbonyl (C=O) groups excluding carboxylic acids is 1. The topological polar surface area (TPSA) is 20.3 Å². The first-order valence-corrected chi connectivity index (χ1v) is 6.20. The molecule has 2 rings (SSSR count). The Labute approximate surface area is 106 Å². The van der Waals surface area contributed by atoms with Crippen LogP contribution in [-0.4, -0.2) is 31.6 Å². The van der Waals surface area contributed by atoms with Gasteiger partial charge in [0.25, 0.3) is 0 Å². The number of halogens is 2. The Morgan fingerprint density at radius 3 is 2.50 bits per heavy atom. The van der Waals surface area contributed by atoms with Crippen molar-refractivity contribution in [2.45, 2.75) is 25.7 Å². The first-order chi connectivity index (χ1) is 8.50. The summed E-state index contributed by atoms with van der Waals surface area (Å²) in [6.07, 6.45) is 1.62. The second-order valence-corrected chi connectivity index (χ2v) is 4.86. The number of carbonyl (C=O) groups is 1. The van der Waals surface area contributed by atoms with Gasteiger partial charge < -0.3 is 4.90 Å². The van der Waals surface area contributed by atoms with E-state index in [1.807, 2.05) is 0 Å². The van der Waals surface area contributed by atoms with Crippen LogP contribution >= 0.6 is 0 Å². The number of nitrogens with zero attached hydrogens (tertiary/aromatic N) is 1. The average molecular weight is 251 g/mol. The standard InChI is InChI=1S/C13H16BF2NO/c1-8-10(2-3-11(15)12(8)16)9-4-6-17(7-5-9)13(14)18/h2-3,9H,4-7,14H2,1H3. The second kappa shape index (κ2) is 5.08. The quantitative estimate of drug-likeness (QED) is 0.701. The van der Waals surface area contributed by atoms with Crippen molar-refractivity contribution in [1.82, 2.24) is 4.90 Å². The molecule has 0 saturated carbocycles. The van der Waals surface area contributed by atoms with Gasteiger partial charge in [-0.05, 0) is 42.9 Å². The molecule has 1 aromatic rings. The van der Waals surface area contributed by atoms with Crippen LogP contribution in [0.2, 0.25) is 0 Å². The van der Waals surface area contributed by atoms with Crippen molar-refractivity contribution in [2.24, 2.45) is 0 Å². The van der Waals surface area contributed by atoms with Gasteiger partial charge in [0, 0.05) is 13.1 Å². The van der Waals surface area contributed by atoms with Gasteiger partial charge in [0.1, 0.15) is 0 Å². The zero-order chi connectivity index (χ0) is 13.3. The van der Waals surface area contributed by atoms with Crippen molar-refractivity contribution in [3.05, 3.63) is 34.9 Å². The largest absolute Gasteiger partial charge is 0.352 e. The molecule has 5 heteroatoms. The van der Waals surface area contributed by atoms with E-state index in [0.717, 1.165) is 18.4 Å². The summed E-state index contributed by atoms with van der Waals surface area (Å²) in [5.41, 5.74) is 1.27. The van der Waals surface area contributed by atoms with Crippen LogP contribution in [0, 0.1) is 18.6 Å². The van der Waals surface area contributed by atoms with Gasteiger partial charge in [0.05, 0.1) is 0 Å². The lowest BCUT2D eigenvalue weighted by atomic mass is 9.86. The zero-order valence-corrected chi connectivity index (χ0v) is 10.7. The van der Waals surface area contributed by atoms with Gasteiger partial charge in [-0.25, -0.2) is 8.78 Å². The van der Waals surface area contributed by atoms with Gasteiger partial charge in [-0.3, -0.25) is 4.79 Å². The summed E-state index contributed by atoms with van der Waals surface area (Å²) in [5, 5.41) is 0. The lowest BCUT2D eigenvalue weighted by Crippen LogP contribution is -2.37. The minimum Gasteiger partial charge on any atom is -0.352 e. The maximum absolute atomic E-state index is 13.5. The van der Waals surface area contributed by atoms with Crippen molar-refractivity contribution in [1.29, 1.82) is 0 Å². The van der Waals surface area contributed by atoms with Crippen LogP contribution in [0.3, 0.4) is 0 Å². The van der Waals surface area contributed by atoms with Gasteiger partial charge in [-0.15, -0.1) is 0 Å². The van der Waals surface area contributed by atoms with Crippen LogP contribution in [0.25, 0.3) is 0 Å². The Bertz CT molecular complexity index is 470. The third-order valence-corrected chi connectivity index (χ3v) is 3.76. The molecule has 0 N–H and O–H groups in total. The maximum atomic E-state index is 13.5. The minimum absolute atomic E-state index is 0.0791. The van der Waals surface area contributed by atoms with E-state index in [1.54, 1.807) is 25.7 Å². The minimum atomic E-state index is -0.794. The molecular weight excluding hydrogens is 235 g/mol. The molecule has 0 atom stereocenters. The average Bonchev–Trinajstić information content (AvgIpc) is 2.36. The van der Waals surface area contributed by atoms with E-state index in [4.69, 9.17) is 0 Å². The molecule has 1 fully saturated rings. The Morgan fingerprint density at radius 2 is 1.94 bits per heavy atom. The van der Waals surface area contributed by atoms with Crippen LogP contribution in [0.15, 0.2) is 12.1 Å². The van der Waals surface area contributed by atoms with Crippen molar-refractivity contribution in [3.8, 4) is 0 Å². The fourth-order valence-electron chi connectivity index (χ4n) is 2.61. The fraction of sp³-hybridized carbons (Fsp3) is 0.462. The molecule has 0 unspecified atom stereocenters. The molecule has 18 heavy (non-hydrogen) atoms. The predicted molar refractivity (Wildman–Crippen MR) is 68.6 cm³/mol. The van der Waals surface area contributed by atoms with E-state index in [1.165, 1.54) is 6.07 Å². The molecule has 0 radical (unpaired) electrons. The summed E-state index contributed by atoms with van der Waals surface area (Å²) in [6.45, 7) is 3.00. The van der Waals surface area contributed by atoms with E-state index in [2.05, 4.69) is 0 Å². The highest BCUT2D eigenvalue weighted by Gasteiger charge is 2.24. The summed E-state index contributed by atoms with van der Waals surface area (Å²) in [5.74, 6) is -1.25. The molecule has 1 saturated heterocycles. The summed E-state index contributed by atoms with van der Waals surface area (Å²) in [4.78, 5) is 13.0. The highest BCUT2D eigenvalue weighted by atomic mass is 19.2. The van der Waals surface area contributed by atoms with Crippen LogP contribution in [0.5, 0.6) is 0 Å². The number of rotatable bonds is 1. The number of hydrogen-bond acceptors (Lipinski definition) is 1. The van der Waals surface area contributed by atoms with Crippen molar-refractivity contribution >= 4 is 13.7 Å². The van der Waals surface area contributed by atoms with Gasteiger partial charge >= 0.3 is 0 Å². The first kappa shape index (κ1) is 13.1. The Morgan fingerprint density at radius 1 is 1.33 bits per heavy atom. The normalized spacial score (nSPS) is 16.9. The van der Waals surface area contributed by atoms with Crippen LogP contribution in [0.4, 0.5) is 13.6 Å². The number of piperidine rings is 1. The Kier molecular flexibility index (Phi) is 3.69. The van der Waals surface area contributed by atoms with Crippen molar-refractivity contribution in [3.63, 3.8) is 0 Å². The molecule has 1 aromatic carbocycles. The highest BCUT2D eigenvalue weighted by molar-refractivity contribution is 6.56. The number of hydrogen-bond donors (Lipinski definition) is 0. The Hall–Kier alpha value is -1.39. The third-order valence-electron chi connectivity index (χ3n) is 3.76. The van der Waals surface area contributed by atoms with E-state index in [-0.39, 0.29) is 11.7 Å². The van der Waals surface area contributed by atoms with Crippen LogP contribution in [-0.2, 0) is 0 Å². The molecule has 1 heterocycles. The van der Waals surface area contributed by atoms with Gasteiger partial charge in [0.15, 0.2) is 17.4 Å². The smallest absolute Gasteiger partial charge is 0.215 e. The van der Waals surface area contributed by atoms with E-state index in [9.17, 15) is 13.6 Å². The molecule has 2 nitrogen and oxygen atoms in total. The Balaban J connectivity index is 2.15. The second-order valence-electron chi connectivity index (χ2n) is 4.86. The maximum Gasteiger partial charge on any atom is 0.215 e. The molecule has 0 aromatic heterocycles. The lowest BCUT2D eigenvalue weighted by Gasteiger charge is -2.32. The molecule has 1 amide bonds. The van der Waals surface area contributed by atoms with E-state index >= 15 is 0 Å². The lowest BCUT2D eigenvalue weighted by molar-refractivity contribution is 0.204. The fourth-order valence-corrected chi connectivity index (χ4v) is 2.61. The van der Waals surface area contributed by atoms with Crippen LogP contribution in [0.1, 0.15) is 29.9 Å². The van der Waals surface area contributed by atoms with Gasteiger partial charge in [0.2, 0.25) is 7.85 Å². The number of likely N-dealkylation sites (tertiary alicyclic amines) is 1.